The van der Waals surface area contributed by atoms with Gasteiger partial charge in [-0.05, 0) is 47.1 Å². The van der Waals surface area contributed by atoms with Gasteiger partial charge < -0.3 is 14.0 Å². The van der Waals surface area contributed by atoms with Crippen LogP contribution in [0.3, 0.4) is 0 Å². The predicted molar refractivity (Wildman–Crippen MR) is 108 cm³/mol. The predicted octanol–water partition coefficient (Wildman–Crippen LogP) is 6.06. The van der Waals surface area contributed by atoms with E-state index < -0.39 is 47.2 Å². The molecule has 0 saturated carbocycles. The molecular formula is C21H24F5N3O5. The summed E-state index contributed by atoms with van der Waals surface area (Å²) in [7, 11) is 0. The first-order valence-corrected chi connectivity index (χ1v) is 9.92. The summed E-state index contributed by atoms with van der Waals surface area (Å²) in [6.45, 7) is 9.45. The minimum Gasteiger partial charge on any atom is -0.443 e. The van der Waals surface area contributed by atoms with Crippen LogP contribution in [0.1, 0.15) is 53.0 Å². The molecule has 2 aromatic rings. The minimum absolute atomic E-state index is 0.0674. The Bertz CT molecular complexity index is 993. The molecule has 0 aliphatic carbocycles. The molecule has 0 bridgehead atoms. The molecule has 8 nitrogen and oxygen atoms in total. The lowest BCUT2D eigenvalue weighted by molar-refractivity contribution is -0.298. The zero-order valence-corrected chi connectivity index (χ0v) is 19.3. The summed E-state index contributed by atoms with van der Waals surface area (Å²) in [6, 6.07) is 5.40. The summed E-state index contributed by atoms with van der Waals surface area (Å²) in [5.74, 6) is -7.69. The zero-order chi connectivity index (χ0) is 26.1. The monoisotopic (exact) mass is 493 g/mol. The van der Waals surface area contributed by atoms with Crippen molar-refractivity contribution in [2.75, 3.05) is 0 Å². The molecule has 0 atom stereocenters. The van der Waals surface area contributed by atoms with Crippen LogP contribution in [0.25, 0.3) is 11.4 Å². The van der Waals surface area contributed by atoms with Crippen molar-refractivity contribution in [3.05, 3.63) is 35.7 Å². The molecule has 0 aliphatic heterocycles. The fraction of sp³-hybridized carbons (Fsp3) is 0.524. The van der Waals surface area contributed by atoms with Crippen molar-refractivity contribution in [1.29, 1.82) is 0 Å². The number of carbonyl (C=O) groups is 2. The van der Waals surface area contributed by atoms with E-state index in [0.29, 0.717) is 5.56 Å². The van der Waals surface area contributed by atoms with Crippen molar-refractivity contribution >= 4 is 12.2 Å². The van der Waals surface area contributed by atoms with Gasteiger partial charge in [0.1, 0.15) is 11.2 Å². The molecule has 188 valence electrons. The fourth-order valence-corrected chi connectivity index (χ4v) is 2.37. The van der Waals surface area contributed by atoms with Gasteiger partial charge in [0.2, 0.25) is 5.82 Å². The minimum atomic E-state index is -5.90. The molecule has 0 N–H and O–H groups in total. The van der Waals surface area contributed by atoms with E-state index in [-0.39, 0.29) is 12.1 Å². The van der Waals surface area contributed by atoms with Gasteiger partial charge in [0, 0.05) is 5.56 Å². The van der Waals surface area contributed by atoms with E-state index in [1.54, 1.807) is 41.5 Å². The van der Waals surface area contributed by atoms with Crippen LogP contribution in [-0.2, 0) is 21.9 Å². The van der Waals surface area contributed by atoms with Crippen LogP contribution in [-0.4, -0.2) is 44.6 Å². The lowest BCUT2D eigenvalue weighted by Crippen LogP contribution is -2.43. The summed E-state index contributed by atoms with van der Waals surface area (Å²) in [5.41, 5.74) is -1.32. The third kappa shape index (κ3) is 6.87. The van der Waals surface area contributed by atoms with Crippen LogP contribution in [0, 0.1) is 0 Å². The third-order valence-electron chi connectivity index (χ3n) is 3.83. The van der Waals surface area contributed by atoms with E-state index in [0.717, 1.165) is 4.90 Å². The second-order valence-corrected chi connectivity index (χ2v) is 9.24. The molecule has 1 aromatic carbocycles. The van der Waals surface area contributed by atoms with Gasteiger partial charge in [0.25, 0.3) is 0 Å². The number of hydrogen-bond acceptors (Lipinski definition) is 7. The Balaban J connectivity index is 2.26. The molecule has 0 saturated heterocycles. The number of rotatable bonds is 4. The molecular weight excluding hydrogens is 469 g/mol. The molecule has 0 unspecified atom stereocenters. The van der Waals surface area contributed by atoms with E-state index in [9.17, 15) is 31.5 Å². The van der Waals surface area contributed by atoms with Gasteiger partial charge >= 0.3 is 30.2 Å². The number of alkyl halides is 5. The van der Waals surface area contributed by atoms with E-state index in [2.05, 4.69) is 14.7 Å². The first kappa shape index (κ1) is 27.0. The first-order valence-electron chi connectivity index (χ1n) is 9.92. The lowest BCUT2D eigenvalue weighted by atomic mass is 10.1. The van der Waals surface area contributed by atoms with Crippen molar-refractivity contribution < 1.29 is 45.5 Å². The Hall–Kier alpha value is -3.25. The molecule has 2 rings (SSSR count). The summed E-state index contributed by atoms with van der Waals surface area (Å²) in [6.07, 6.45) is -7.81. The third-order valence-corrected chi connectivity index (χ3v) is 3.83. The standard InChI is InChI=1S/C21H24F5N3O5/c1-18(2,3)32-16(30)29(17(31)33-19(4,5)6)11-12-7-9-13(10-8-12)14-27-15(34-28-14)20(22,23)21(24,25)26/h7-10H,11H2,1-6H3. The number of ether oxygens (including phenoxy) is 2. The van der Waals surface area contributed by atoms with Crippen molar-refractivity contribution in [1.82, 2.24) is 15.0 Å². The average Bonchev–Trinajstić information content (AvgIpc) is 3.13. The molecule has 34 heavy (non-hydrogen) atoms. The number of imide groups is 1. The van der Waals surface area contributed by atoms with Gasteiger partial charge in [0.15, 0.2) is 0 Å². The van der Waals surface area contributed by atoms with Crippen LogP contribution in [0.15, 0.2) is 28.8 Å². The van der Waals surface area contributed by atoms with Gasteiger partial charge in [-0.2, -0.15) is 26.9 Å². The van der Waals surface area contributed by atoms with Crippen LogP contribution < -0.4 is 0 Å². The summed E-state index contributed by atoms with van der Waals surface area (Å²) in [4.78, 5) is 29.0. The molecule has 0 aliphatic rings. The van der Waals surface area contributed by atoms with Crippen LogP contribution in [0.5, 0.6) is 0 Å². The van der Waals surface area contributed by atoms with E-state index in [4.69, 9.17) is 9.47 Å². The molecule has 1 aromatic heterocycles. The Labute approximate surface area is 192 Å². The number of halogens is 5. The Morgan fingerprint density at radius 3 is 1.76 bits per heavy atom. The maximum Gasteiger partial charge on any atom is 0.463 e. The van der Waals surface area contributed by atoms with Crippen LogP contribution in [0.2, 0.25) is 0 Å². The molecule has 1 heterocycles. The highest BCUT2D eigenvalue weighted by atomic mass is 19.4. The van der Waals surface area contributed by atoms with Crippen molar-refractivity contribution in [3.63, 3.8) is 0 Å². The van der Waals surface area contributed by atoms with Gasteiger partial charge in [-0.25, -0.2) is 14.5 Å². The van der Waals surface area contributed by atoms with E-state index in [1.165, 1.54) is 24.3 Å². The smallest absolute Gasteiger partial charge is 0.443 e. The Morgan fingerprint density at radius 2 is 1.35 bits per heavy atom. The van der Waals surface area contributed by atoms with Crippen molar-refractivity contribution in [2.45, 2.75) is 71.4 Å². The summed E-state index contributed by atoms with van der Waals surface area (Å²) < 4.78 is 78.8. The Morgan fingerprint density at radius 1 is 0.882 bits per heavy atom. The number of benzene rings is 1. The normalized spacial score (nSPS) is 12.9. The second-order valence-electron chi connectivity index (χ2n) is 9.24. The van der Waals surface area contributed by atoms with E-state index in [1.807, 2.05) is 0 Å². The zero-order valence-electron chi connectivity index (χ0n) is 19.3. The number of aromatic nitrogens is 2. The quantitative estimate of drug-likeness (QED) is 0.478. The largest absolute Gasteiger partial charge is 0.463 e. The van der Waals surface area contributed by atoms with Crippen LogP contribution in [0.4, 0.5) is 31.5 Å². The number of amides is 2. The highest BCUT2D eigenvalue weighted by molar-refractivity contribution is 5.88. The highest BCUT2D eigenvalue weighted by Gasteiger charge is 2.63. The van der Waals surface area contributed by atoms with Gasteiger partial charge in [-0.1, -0.05) is 29.4 Å². The highest BCUT2D eigenvalue weighted by Crippen LogP contribution is 2.43. The molecule has 13 heteroatoms. The number of nitrogens with zero attached hydrogens (tertiary/aromatic N) is 3. The van der Waals surface area contributed by atoms with Gasteiger partial charge in [-0.15, -0.1) is 0 Å². The molecule has 2 amide bonds. The number of hydrogen-bond donors (Lipinski definition) is 0. The molecule has 0 fully saturated rings. The first-order chi connectivity index (χ1) is 15.3. The van der Waals surface area contributed by atoms with Crippen LogP contribution >= 0.6 is 0 Å². The average molecular weight is 493 g/mol. The van der Waals surface area contributed by atoms with E-state index >= 15 is 0 Å². The molecule has 0 spiro atoms. The SMILES string of the molecule is CC(C)(C)OC(=O)N(Cc1ccc(-c2noc(C(F)(F)C(F)(F)F)n2)cc1)C(=O)OC(C)(C)C. The molecule has 0 radical (unpaired) electrons. The topological polar surface area (TPSA) is 94.8 Å². The fourth-order valence-electron chi connectivity index (χ4n) is 2.37. The van der Waals surface area contributed by atoms with Gasteiger partial charge in [0.05, 0.1) is 6.54 Å². The maximum absolute atomic E-state index is 13.4. The summed E-state index contributed by atoms with van der Waals surface area (Å²) in [5, 5.41) is 3.17. The van der Waals surface area contributed by atoms with Crippen molar-refractivity contribution in [2.24, 2.45) is 0 Å². The van der Waals surface area contributed by atoms with Crippen molar-refractivity contribution in [3.8, 4) is 11.4 Å². The second kappa shape index (κ2) is 9.18. The maximum atomic E-state index is 13.4. The van der Waals surface area contributed by atoms with Gasteiger partial charge in [-0.3, -0.25) is 0 Å². The Kier molecular flexibility index (Phi) is 7.29. The summed E-state index contributed by atoms with van der Waals surface area (Å²) >= 11 is 0. The lowest BCUT2D eigenvalue weighted by Gasteiger charge is -2.28. The number of carbonyl (C=O) groups excluding carboxylic acids is 2.